The normalized spacial score (nSPS) is 52.9. The molecule has 0 aromatic carbocycles. The molecule has 3 aliphatic carbocycles. The van der Waals surface area contributed by atoms with Crippen molar-refractivity contribution in [2.75, 3.05) is 13.2 Å². The van der Waals surface area contributed by atoms with Gasteiger partial charge in [-0.05, 0) is 38.0 Å². The quantitative estimate of drug-likeness (QED) is 0.419. The Hall–Kier alpha value is -1.80. The Kier molecular flexibility index (Phi) is 4.90. The summed E-state index contributed by atoms with van der Waals surface area (Å²) >= 11 is 0. The first kappa shape index (κ1) is 24.5. The minimum absolute atomic E-state index is 0.0399. The second kappa shape index (κ2) is 7.19. The molecule has 3 aliphatic heterocycles. The van der Waals surface area contributed by atoms with Gasteiger partial charge < -0.3 is 18.9 Å². The molecule has 10 atom stereocenters. The number of Topliss-reactive ketones (excluding diaryl/α,β-unsaturated/α-hetero) is 2. The first-order valence-corrected chi connectivity index (χ1v) is 13.5. The summed E-state index contributed by atoms with van der Waals surface area (Å²) in [6, 6.07) is 0. The molecule has 6 fully saturated rings. The number of cyclic esters (lactones) is 1. The predicted molar refractivity (Wildman–Crippen MR) is 126 cm³/mol. The van der Waals surface area contributed by atoms with Crippen molar-refractivity contribution in [3.8, 4) is 0 Å². The topological polar surface area (TPSA) is 108 Å². The highest BCUT2D eigenvalue weighted by molar-refractivity contribution is 5.97. The fourth-order valence-electron chi connectivity index (χ4n) is 9.89. The van der Waals surface area contributed by atoms with Gasteiger partial charge in [0.2, 0.25) is 0 Å². The van der Waals surface area contributed by atoms with Crippen molar-refractivity contribution >= 4 is 23.5 Å². The van der Waals surface area contributed by atoms with Gasteiger partial charge in [-0.2, -0.15) is 0 Å². The van der Waals surface area contributed by atoms with Gasteiger partial charge in [0.25, 0.3) is 0 Å². The lowest BCUT2D eigenvalue weighted by Gasteiger charge is -2.67. The van der Waals surface area contributed by atoms with Crippen LogP contribution >= 0.6 is 0 Å². The molecular weight excluding hydrogens is 464 g/mol. The number of hydrogen-bond acceptors (Lipinski definition) is 8. The molecule has 0 aromatic heterocycles. The molecule has 0 amide bonds. The van der Waals surface area contributed by atoms with Gasteiger partial charge in [-0.25, -0.2) is 4.79 Å². The molecule has 6 rings (SSSR count). The Morgan fingerprint density at radius 2 is 1.69 bits per heavy atom. The average Bonchev–Trinajstić information content (AvgIpc) is 3.36. The maximum Gasteiger partial charge on any atom is 0.338 e. The van der Waals surface area contributed by atoms with E-state index in [0.717, 1.165) is 6.42 Å². The average molecular weight is 503 g/mol. The van der Waals surface area contributed by atoms with Crippen molar-refractivity contribution in [2.45, 2.75) is 97.6 Å². The number of ether oxygens (including phenoxy) is 4. The van der Waals surface area contributed by atoms with E-state index < -0.39 is 51.4 Å². The molecule has 0 N–H and O–H groups in total. The number of carbonyl (C=O) groups is 4. The molecule has 0 radical (unpaired) electrons. The van der Waals surface area contributed by atoms with E-state index >= 15 is 0 Å². The number of esters is 2. The van der Waals surface area contributed by atoms with E-state index in [-0.39, 0.29) is 48.3 Å². The Bertz CT molecular complexity index is 1060. The first-order chi connectivity index (χ1) is 16.8. The predicted octanol–water partition coefficient (Wildman–Crippen LogP) is 3.03. The third-order valence-corrected chi connectivity index (χ3v) is 11.8. The van der Waals surface area contributed by atoms with Crippen LogP contribution in [0.3, 0.4) is 0 Å². The molecule has 36 heavy (non-hydrogen) atoms. The smallest absolute Gasteiger partial charge is 0.338 e. The van der Waals surface area contributed by atoms with E-state index in [1.807, 2.05) is 27.7 Å². The van der Waals surface area contributed by atoms with Crippen molar-refractivity contribution in [2.24, 2.45) is 39.4 Å². The van der Waals surface area contributed by atoms with Crippen LogP contribution < -0.4 is 0 Å². The largest absolute Gasteiger partial charge is 0.462 e. The van der Waals surface area contributed by atoms with E-state index in [9.17, 15) is 19.2 Å². The van der Waals surface area contributed by atoms with Gasteiger partial charge in [0.15, 0.2) is 6.10 Å². The van der Waals surface area contributed by atoms with Crippen molar-refractivity contribution in [1.82, 2.24) is 0 Å². The van der Waals surface area contributed by atoms with E-state index in [0.29, 0.717) is 26.1 Å². The molecule has 0 bridgehead atoms. The third-order valence-electron chi connectivity index (χ3n) is 11.8. The van der Waals surface area contributed by atoms with Crippen LogP contribution in [0.2, 0.25) is 0 Å². The highest BCUT2D eigenvalue weighted by Gasteiger charge is 2.89. The second-order valence-corrected chi connectivity index (χ2v) is 13.4. The van der Waals surface area contributed by atoms with Gasteiger partial charge in [-0.15, -0.1) is 0 Å². The summed E-state index contributed by atoms with van der Waals surface area (Å²) in [6.07, 6.45) is 0.796. The zero-order valence-electron chi connectivity index (χ0n) is 22.2. The first-order valence-electron chi connectivity index (χ1n) is 13.5. The Labute approximate surface area is 212 Å². The molecule has 4 unspecified atom stereocenters. The van der Waals surface area contributed by atoms with E-state index in [4.69, 9.17) is 18.9 Å². The van der Waals surface area contributed by atoms with Crippen LogP contribution in [0.5, 0.6) is 0 Å². The van der Waals surface area contributed by atoms with Crippen LogP contribution in [0.4, 0.5) is 0 Å². The highest BCUT2D eigenvalue weighted by atomic mass is 16.7. The zero-order valence-corrected chi connectivity index (χ0v) is 22.2. The van der Waals surface area contributed by atoms with Crippen LogP contribution in [0.1, 0.15) is 73.6 Å². The van der Waals surface area contributed by atoms with Crippen LogP contribution in [-0.2, 0) is 38.1 Å². The SMILES string of the molecule is CC(=O)O[C@@H]1CC(=O)[C@@]2(C)C(CC(=O)[C@]3(C)C2CC[C@@]2(C)[C@H]([C@H]4CCOC4)OC(=O)C4OC423)C1(C)C. The van der Waals surface area contributed by atoms with Crippen LogP contribution in [-0.4, -0.2) is 60.6 Å². The van der Waals surface area contributed by atoms with Crippen LogP contribution in [0.15, 0.2) is 0 Å². The van der Waals surface area contributed by atoms with Gasteiger partial charge >= 0.3 is 11.9 Å². The lowest BCUT2D eigenvalue weighted by Crippen LogP contribution is -2.75. The second-order valence-electron chi connectivity index (χ2n) is 13.4. The van der Waals surface area contributed by atoms with Crippen molar-refractivity contribution in [1.29, 1.82) is 0 Å². The monoisotopic (exact) mass is 502 g/mol. The van der Waals surface area contributed by atoms with Gasteiger partial charge in [0, 0.05) is 48.5 Å². The minimum Gasteiger partial charge on any atom is -0.462 e. The fraction of sp³-hybridized carbons (Fsp3) is 0.857. The number of epoxide rings is 1. The zero-order chi connectivity index (χ0) is 26.1. The lowest BCUT2D eigenvalue weighted by atomic mass is 9.34. The standard InChI is InChI=1S/C28H38O8/c1-14(29)34-20-12-18(30)26(5)16-7-9-25(4)21(15-8-10-33-13-15)35-23(32)22-28(25,36-22)27(16,6)19(31)11-17(26)24(20,2)3/h15-17,20-22H,7-13H2,1-6H3/t15-,16?,17?,20+,21-,22?,25-,26+,27-,28?/m0/s1. The summed E-state index contributed by atoms with van der Waals surface area (Å²) < 4.78 is 23.7. The number of ketones is 2. The summed E-state index contributed by atoms with van der Waals surface area (Å²) in [5.41, 5.74) is -3.85. The summed E-state index contributed by atoms with van der Waals surface area (Å²) in [7, 11) is 0. The molecular formula is C28H38O8. The lowest BCUT2D eigenvalue weighted by molar-refractivity contribution is -0.229. The van der Waals surface area contributed by atoms with Crippen molar-refractivity contribution < 1.29 is 38.1 Å². The number of fused-ring (bicyclic) bond motifs is 3. The molecule has 3 saturated carbocycles. The summed E-state index contributed by atoms with van der Waals surface area (Å²) in [5.74, 6) is -1.19. The maximum atomic E-state index is 14.4. The van der Waals surface area contributed by atoms with E-state index in [1.54, 1.807) is 0 Å². The van der Waals surface area contributed by atoms with Crippen LogP contribution in [0.25, 0.3) is 0 Å². The Morgan fingerprint density at radius 3 is 2.33 bits per heavy atom. The van der Waals surface area contributed by atoms with Gasteiger partial charge in [-0.1, -0.05) is 27.7 Å². The molecule has 8 heteroatoms. The Balaban J connectivity index is 1.45. The molecule has 198 valence electrons. The van der Waals surface area contributed by atoms with E-state index in [1.165, 1.54) is 6.92 Å². The molecule has 0 aromatic rings. The van der Waals surface area contributed by atoms with Gasteiger partial charge in [0.1, 0.15) is 29.4 Å². The molecule has 6 aliphatic rings. The molecule has 1 spiro atoms. The minimum atomic E-state index is -0.993. The Morgan fingerprint density at radius 1 is 0.972 bits per heavy atom. The van der Waals surface area contributed by atoms with Crippen molar-refractivity contribution in [3.63, 3.8) is 0 Å². The van der Waals surface area contributed by atoms with Gasteiger partial charge in [-0.3, -0.25) is 14.4 Å². The summed E-state index contributed by atoms with van der Waals surface area (Å²) in [4.78, 5) is 53.3. The number of hydrogen-bond donors (Lipinski definition) is 0. The molecule has 3 saturated heterocycles. The summed E-state index contributed by atoms with van der Waals surface area (Å²) in [5, 5.41) is 0. The van der Waals surface area contributed by atoms with Crippen molar-refractivity contribution in [3.05, 3.63) is 0 Å². The molecule has 3 heterocycles. The number of carbonyl (C=O) groups excluding carboxylic acids is 4. The maximum absolute atomic E-state index is 14.4. The number of rotatable bonds is 2. The van der Waals surface area contributed by atoms with Gasteiger partial charge in [0.05, 0.1) is 12.0 Å². The van der Waals surface area contributed by atoms with E-state index in [2.05, 4.69) is 6.92 Å². The molecule has 8 nitrogen and oxygen atoms in total. The van der Waals surface area contributed by atoms with Crippen LogP contribution in [0, 0.1) is 39.4 Å². The fourth-order valence-corrected chi connectivity index (χ4v) is 9.89. The third kappa shape index (κ3) is 2.58. The summed E-state index contributed by atoms with van der Waals surface area (Å²) in [6.45, 7) is 12.7. The highest BCUT2D eigenvalue weighted by Crippen LogP contribution is 2.78.